The molecular formula is C11H21NO4. The van der Waals surface area contributed by atoms with Gasteiger partial charge in [-0.2, -0.15) is 0 Å². The van der Waals surface area contributed by atoms with Crippen LogP contribution in [0.15, 0.2) is 0 Å². The number of nitrogens with zero attached hydrogens (tertiary/aromatic N) is 1. The van der Waals surface area contributed by atoms with Gasteiger partial charge in [0.25, 0.3) is 0 Å². The first-order valence-corrected chi connectivity index (χ1v) is 5.86. The molecule has 0 bridgehead atoms. The number of hydrogen-bond donors (Lipinski definition) is 2. The molecule has 5 nitrogen and oxygen atoms in total. The Labute approximate surface area is 96.0 Å². The number of hydrogen-bond acceptors (Lipinski definition) is 4. The molecule has 94 valence electrons. The zero-order valence-corrected chi connectivity index (χ0v) is 9.76. The number of carboxylic acid groups (broad SMARTS) is 1. The Hall–Kier alpha value is -0.650. The van der Waals surface area contributed by atoms with Crippen molar-refractivity contribution in [2.45, 2.75) is 25.8 Å². The lowest BCUT2D eigenvalue weighted by atomic mass is 10.0. The van der Waals surface area contributed by atoms with Gasteiger partial charge in [-0.05, 0) is 25.9 Å². The third-order valence-electron chi connectivity index (χ3n) is 3.10. The van der Waals surface area contributed by atoms with Gasteiger partial charge < -0.3 is 14.9 Å². The second kappa shape index (κ2) is 6.83. The van der Waals surface area contributed by atoms with Crippen molar-refractivity contribution >= 4 is 5.97 Å². The van der Waals surface area contributed by atoms with E-state index in [1.807, 2.05) is 6.92 Å². The molecule has 1 heterocycles. The van der Waals surface area contributed by atoms with Crippen molar-refractivity contribution in [2.24, 2.45) is 5.92 Å². The minimum Gasteiger partial charge on any atom is -0.481 e. The van der Waals surface area contributed by atoms with Gasteiger partial charge in [-0.3, -0.25) is 9.69 Å². The molecule has 1 rings (SSSR count). The van der Waals surface area contributed by atoms with E-state index in [9.17, 15) is 4.79 Å². The molecule has 16 heavy (non-hydrogen) atoms. The van der Waals surface area contributed by atoms with E-state index in [4.69, 9.17) is 14.9 Å². The number of carbonyl (C=O) groups is 1. The summed E-state index contributed by atoms with van der Waals surface area (Å²) in [6.07, 6.45) is 1.66. The first-order chi connectivity index (χ1) is 7.70. The number of aliphatic hydroxyl groups excluding tert-OH is 1. The van der Waals surface area contributed by atoms with Gasteiger partial charge in [-0.1, -0.05) is 6.92 Å². The summed E-state index contributed by atoms with van der Waals surface area (Å²) in [5.41, 5.74) is 0. The van der Waals surface area contributed by atoms with Crippen molar-refractivity contribution in [1.29, 1.82) is 0 Å². The van der Waals surface area contributed by atoms with Crippen LogP contribution >= 0.6 is 0 Å². The van der Waals surface area contributed by atoms with Crippen LogP contribution in [0.4, 0.5) is 0 Å². The van der Waals surface area contributed by atoms with Crippen LogP contribution in [0.25, 0.3) is 0 Å². The van der Waals surface area contributed by atoms with Gasteiger partial charge in [0.15, 0.2) is 0 Å². The Balaban J connectivity index is 2.47. The number of likely N-dealkylation sites (N-methyl/N-ethyl adjacent to an activating group) is 1. The molecule has 1 aliphatic heterocycles. The molecule has 0 aromatic rings. The Kier molecular flexibility index (Phi) is 5.73. The van der Waals surface area contributed by atoms with Gasteiger partial charge in [-0.15, -0.1) is 0 Å². The van der Waals surface area contributed by atoms with Crippen molar-refractivity contribution in [3.63, 3.8) is 0 Å². The van der Waals surface area contributed by atoms with Crippen LogP contribution in [-0.4, -0.2) is 60.0 Å². The average Bonchev–Trinajstić information content (AvgIpc) is 2.73. The molecule has 0 aliphatic carbocycles. The Morgan fingerprint density at radius 1 is 1.44 bits per heavy atom. The summed E-state index contributed by atoms with van der Waals surface area (Å²) in [5, 5.41) is 17.8. The predicted octanol–water partition coefficient (Wildman–Crippen LogP) is 0.180. The average molecular weight is 231 g/mol. The number of ether oxygens (including phenoxy) is 1. The van der Waals surface area contributed by atoms with Crippen molar-refractivity contribution in [1.82, 2.24) is 4.90 Å². The van der Waals surface area contributed by atoms with Gasteiger partial charge >= 0.3 is 5.97 Å². The number of carboxylic acids is 1. The van der Waals surface area contributed by atoms with Crippen LogP contribution in [0, 0.1) is 5.92 Å². The number of unbranched alkanes of at least 4 members (excludes halogenated alkanes) is 1. The highest BCUT2D eigenvalue weighted by atomic mass is 16.5. The summed E-state index contributed by atoms with van der Waals surface area (Å²) < 4.78 is 5.25. The normalized spacial score (nSPS) is 25.2. The molecule has 1 fully saturated rings. The fourth-order valence-corrected chi connectivity index (χ4v) is 2.12. The maximum absolute atomic E-state index is 11.0. The summed E-state index contributed by atoms with van der Waals surface area (Å²) in [4.78, 5) is 13.2. The summed E-state index contributed by atoms with van der Waals surface area (Å²) in [6, 6.07) is -0.0128. The van der Waals surface area contributed by atoms with Crippen molar-refractivity contribution < 1.29 is 19.7 Å². The highest BCUT2D eigenvalue weighted by Gasteiger charge is 2.37. The van der Waals surface area contributed by atoms with Crippen LogP contribution in [0.3, 0.4) is 0 Å². The summed E-state index contributed by atoms with van der Waals surface area (Å²) in [6.45, 7) is 4.69. The first-order valence-electron chi connectivity index (χ1n) is 5.86. The zero-order chi connectivity index (χ0) is 12.0. The fourth-order valence-electron chi connectivity index (χ4n) is 2.12. The van der Waals surface area contributed by atoms with E-state index >= 15 is 0 Å². The molecule has 1 aliphatic rings. The SMILES string of the molecule is CCN(CCCCO)C1COCC1C(=O)O. The molecule has 1 saturated heterocycles. The summed E-state index contributed by atoms with van der Waals surface area (Å²) >= 11 is 0. The smallest absolute Gasteiger partial charge is 0.310 e. The zero-order valence-electron chi connectivity index (χ0n) is 9.76. The monoisotopic (exact) mass is 231 g/mol. The maximum Gasteiger partial charge on any atom is 0.310 e. The molecule has 0 aromatic heterocycles. The molecular weight excluding hydrogens is 210 g/mol. The van der Waals surface area contributed by atoms with Gasteiger partial charge in [0.05, 0.1) is 19.1 Å². The highest BCUT2D eigenvalue weighted by molar-refractivity contribution is 5.71. The molecule has 0 amide bonds. The summed E-state index contributed by atoms with van der Waals surface area (Å²) in [7, 11) is 0. The Morgan fingerprint density at radius 2 is 2.19 bits per heavy atom. The molecule has 0 spiro atoms. The van der Waals surface area contributed by atoms with Crippen molar-refractivity contribution in [3.8, 4) is 0 Å². The van der Waals surface area contributed by atoms with Crippen LogP contribution in [0.5, 0.6) is 0 Å². The largest absolute Gasteiger partial charge is 0.481 e. The number of aliphatic hydroxyl groups is 1. The molecule has 0 saturated carbocycles. The second-order valence-corrected chi connectivity index (χ2v) is 4.11. The first kappa shape index (κ1) is 13.4. The van der Waals surface area contributed by atoms with Gasteiger partial charge in [0.1, 0.15) is 0 Å². The summed E-state index contributed by atoms with van der Waals surface area (Å²) in [5.74, 6) is -1.18. The quantitative estimate of drug-likeness (QED) is 0.612. The van der Waals surface area contributed by atoms with Crippen LogP contribution in [0.1, 0.15) is 19.8 Å². The molecule has 0 aromatic carbocycles. The standard InChI is InChI=1S/C11H21NO4/c1-2-12(5-3-4-6-13)10-8-16-7-9(10)11(14)15/h9-10,13H,2-8H2,1H3,(H,14,15). The van der Waals surface area contributed by atoms with E-state index in [0.29, 0.717) is 13.2 Å². The van der Waals surface area contributed by atoms with Gasteiger partial charge in [-0.25, -0.2) is 0 Å². The van der Waals surface area contributed by atoms with Gasteiger partial charge in [0.2, 0.25) is 0 Å². The van der Waals surface area contributed by atoms with Crippen molar-refractivity contribution in [3.05, 3.63) is 0 Å². The third-order valence-corrected chi connectivity index (χ3v) is 3.10. The lowest BCUT2D eigenvalue weighted by molar-refractivity contribution is -0.143. The maximum atomic E-state index is 11.0. The van der Waals surface area contributed by atoms with E-state index in [1.54, 1.807) is 0 Å². The van der Waals surface area contributed by atoms with Crippen LogP contribution in [0.2, 0.25) is 0 Å². The van der Waals surface area contributed by atoms with E-state index in [0.717, 1.165) is 25.9 Å². The van der Waals surface area contributed by atoms with Gasteiger partial charge in [0, 0.05) is 12.6 Å². The van der Waals surface area contributed by atoms with E-state index in [2.05, 4.69) is 4.90 Å². The molecule has 5 heteroatoms. The Bertz CT molecular complexity index is 222. The fraction of sp³-hybridized carbons (Fsp3) is 0.909. The number of rotatable bonds is 7. The van der Waals surface area contributed by atoms with Crippen LogP contribution in [-0.2, 0) is 9.53 Å². The lowest BCUT2D eigenvalue weighted by Crippen LogP contribution is -2.43. The van der Waals surface area contributed by atoms with E-state index in [-0.39, 0.29) is 12.6 Å². The Morgan fingerprint density at radius 3 is 2.75 bits per heavy atom. The lowest BCUT2D eigenvalue weighted by Gasteiger charge is -2.28. The molecule has 0 radical (unpaired) electrons. The van der Waals surface area contributed by atoms with Crippen LogP contribution < -0.4 is 0 Å². The molecule has 2 unspecified atom stereocenters. The van der Waals surface area contributed by atoms with E-state index < -0.39 is 11.9 Å². The van der Waals surface area contributed by atoms with Crippen molar-refractivity contribution in [2.75, 3.05) is 32.9 Å². The highest BCUT2D eigenvalue weighted by Crippen LogP contribution is 2.20. The molecule has 2 atom stereocenters. The van der Waals surface area contributed by atoms with E-state index in [1.165, 1.54) is 0 Å². The number of aliphatic carboxylic acids is 1. The minimum absolute atomic E-state index is 0.0128. The third kappa shape index (κ3) is 3.43. The minimum atomic E-state index is -0.775. The second-order valence-electron chi connectivity index (χ2n) is 4.11. The predicted molar refractivity (Wildman–Crippen MR) is 59.3 cm³/mol. The molecule has 2 N–H and O–H groups in total. The topological polar surface area (TPSA) is 70.0 Å².